The predicted octanol–water partition coefficient (Wildman–Crippen LogP) is 11.2. The number of aromatic nitrogens is 2. The fraction of sp³-hybridized carbons (Fsp3) is 0.227. The fourth-order valence-corrected chi connectivity index (χ4v) is 10.7. The molecule has 3 aromatic heterocycles. The number of aryl methyl sites for hydroxylation is 1. The van der Waals surface area contributed by atoms with E-state index >= 15 is 0 Å². The Labute approximate surface area is 306 Å². The second-order valence-electron chi connectivity index (χ2n) is 14.1. The molecule has 49 heavy (non-hydrogen) atoms. The number of nitrogens with zero attached hydrogens (tertiary/aromatic N) is 2. The van der Waals surface area contributed by atoms with E-state index in [1.165, 1.54) is 46.8 Å². The maximum Gasteiger partial charge on any atom is 0.121 e. The predicted molar refractivity (Wildman–Crippen MR) is 203 cm³/mol. The zero-order valence-electron chi connectivity index (χ0n) is 28.7. The van der Waals surface area contributed by atoms with Gasteiger partial charge in [0.25, 0.3) is 0 Å². The van der Waals surface area contributed by atoms with Crippen LogP contribution in [0.25, 0.3) is 55.6 Å². The summed E-state index contributed by atoms with van der Waals surface area (Å²) in [5.74, 6) is 8.02. The molecule has 0 amide bonds. The van der Waals surface area contributed by atoms with Crippen LogP contribution in [0.1, 0.15) is 36.8 Å². The molecule has 1 aliphatic carbocycles. The Balaban J connectivity index is 0.000000198. The van der Waals surface area contributed by atoms with Crippen LogP contribution in [0, 0.1) is 25.0 Å². The monoisotopic (exact) mass is 881 g/mol. The number of hydrogen-bond donors (Lipinski definition) is 0. The Bertz CT molecular complexity index is 2160. The maximum atomic E-state index is 6.40. The summed E-state index contributed by atoms with van der Waals surface area (Å²) in [5, 5.41) is 2.25. The summed E-state index contributed by atoms with van der Waals surface area (Å²) < 4.78 is 7.89. The molecule has 0 unspecified atom stereocenters. The van der Waals surface area contributed by atoms with E-state index in [9.17, 15) is 0 Å². The quantitative estimate of drug-likeness (QED) is 0.123. The first-order valence-corrected chi connectivity index (χ1v) is 24.5. The molecule has 7 aromatic rings. The number of pyridine rings is 2. The van der Waals surface area contributed by atoms with Crippen LogP contribution >= 0.6 is 0 Å². The van der Waals surface area contributed by atoms with Crippen molar-refractivity contribution in [2.45, 2.75) is 56.3 Å². The molecule has 1 aliphatic rings. The number of furan rings is 1. The topological polar surface area (TPSA) is 38.9 Å². The van der Waals surface area contributed by atoms with Gasteiger partial charge in [0.1, 0.15) is 5.58 Å². The van der Waals surface area contributed by atoms with Crippen molar-refractivity contribution >= 4 is 39.6 Å². The van der Waals surface area contributed by atoms with Crippen molar-refractivity contribution in [2.24, 2.45) is 5.92 Å². The van der Waals surface area contributed by atoms with Gasteiger partial charge in [-0.05, 0) is 41.3 Å². The number of benzene rings is 4. The molecule has 249 valence electrons. The zero-order chi connectivity index (χ0) is 33.1. The summed E-state index contributed by atoms with van der Waals surface area (Å²) >= 11 is -1.77. The van der Waals surface area contributed by atoms with E-state index in [-0.39, 0.29) is 20.1 Å². The van der Waals surface area contributed by atoms with Gasteiger partial charge in [0.05, 0.1) is 5.58 Å². The van der Waals surface area contributed by atoms with E-state index < -0.39 is 13.3 Å². The average molecular weight is 880 g/mol. The summed E-state index contributed by atoms with van der Waals surface area (Å²) in [6, 6.07) is 42.2. The minimum Gasteiger partial charge on any atom is -0.501 e. The third-order valence-corrected chi connectivity index (χ3v) is 14.0. The summed E-state index contributed by atoms with van der Waals surface area (Å²) in [6.07, 6.45) is 10.6. The van der Waals surface area contributed by atoms with Gasteiger partial charge in [0.2, 0.25) is 0 Å². The molecule has 4 aromatic carbocycles. The minimum absolute atomic E-state index is 0. The molecule has 3 heterocycles. The third kappa shape index (κ3) is 7.99. The van der Waals surface area contributed by atoms with Gasteiger partial charge in [-0.2, -0.15) is 0 Å². The molecule has 0 N–H and O–H groups in total. The Hall–Kier alpha value is -3.83. The van der Waals surface area contributed by atoms with Gasteiger partial charge in [0, 0.05) is 31.7 Å². The Morgan fingerprint density at radius 1 is 0.755 bits per heavy atom. The molecule has 1 radical (unpaired) electrons. The van der Waals surface area contributed by atoms with E-state index in [0.717, 1.165) is 62.4 Å². The summed E-state index contributed by atoms with van der Waals surface area (Å²) in [6.45, 7) is 2.19. The van der Waals surface area contributed by atoms with Gasteiger partial charge in [0.15, 0.2) is 0 Å². The van der Waals surface area contributed by atoms with E-state index in [1.807, 2.05) is 36.5 Å². The average Bonchev–Trinajstić information content (AvgIpc) is 3.76. The molecule has 8 rings (SSSR count). The molecule has 0 aliphatic heterocycles. The van der Waals surface area contributed by atoms with Crippen LogP contribution in [-0.2, 0) is 26.5 Å². The van der Waals surface area contributed by atoms with Crippen molar-refractivity contribution in [3.63, 3.8) is 0 Å². The van der Waals surface area contributed by atoms with E-state index in [0.29, 0.717) is 0 Å². The van der Waals surface area contributed by atoms with Crippen LogP contribution < -0.4 is 4.40 Å². The standard InChI is InChI=1S/C29H24NO.C15H18GeN.Ir/c1-2-9-22(10-3-1)23-13-14-24-25-11-6-12-26(29(25)31-28(24)19-23)27-18-21(15-16-30-27)17-20-7-4-5-8-20;1-12-10-15(13-8-6-5-7-9-13)17-11-14(12)16(2,3)4;/h1-3,6,9-11,13-16,18-20H,4-5,7-8,17H2;5-8,10-11H,1-4H3;/q2*-1;. The van der Waals surface area contributed by atoms with Gasteiger partial charge in [-0.25, -0.2) is 0 Å². The van der Waals surface area contributed by atoms with Crippen LogP contribution in [0.15, 0.2) is 120 Å². The zero-order valence-corrected chi connectivity index (χ0v) is 33.2. The Morgan fingerprint density at radius 2 is 1.55 bits per heavy atom. The van der Waals surface area contributed by atoms with E-state index in [4.69, 9.17) is 4.42 Å². The van der Waals surface area contributed by atoms with Crippen molar-refractivity contribution in [3.8, 4) is 33.6 Å². The molecule has 0 atom stereocenters. The minimum atomic E-state index is -1.77. The SMILES string of the molecule is Cc1cc(-c2[c-]cccc2)nc[c]1[Ge]([CH3])([CH3])[CH3].[Ir].[c-]1ccc2c(oc3cc(-c4ccccc4)ccc32)c1-c1cc(CC2CCCC2)ccn1. The van der Waals surface area contributed by atoms with Crippen molar-refractivity contribution in [2.75, 3.05) is 0 Å². The van der Waals surface area contributed by atoms with Crippen molar-refractivity contribution < 1.29 is 24.5 Å². The van der Waals surface area contributed by atoms with Gasteiger partial charge in [-0.3, -0.25) is 0 Å². The molecule has 3 nitrogen and oxygen atoms in total. The van der Waals surface area contributed by atoms with Crippen molar-refractivity contribution in [3.05, 3.63) is 139 Å². The summed E-state index contributed by atoms with van der Waals surface area (Å²) in [5.41, 5.74) is 10.9. The van der Waals surface area contributed by atoms with Crippen LogP contribution in [0.3, 0.4) is 0 Å². The molecular formula is C44H42GeIrN2O-2. The third-order valence-electron chi connectivity index (χ3n) is 9.52. The van der Waals surface area contributed by atoms with Gasteiger partial charge < -0.3 is 9.40 Å². The van der Waals surface area contributed by atoms with E-state index in [2.05, 4.69) is 125 Å². The fourth-order valence-electron chi connectivity index (χ4n) is 7.07. The van der Waals surface area contributed by atoms with Gasteiger partial charge in [-0.15, -0.1) is 18.2 Å². The van der Waals surface area contributed by atoms with Gasteiger partial charge >= 0.3 is 106 Å². The van der Waals surface area contributed by atoms with E-state index in [1.54, 1.807) is 0 Å². The largest absolute Gasteiger partial charge is 0.501 e. The maximum absolute atomic E-state index is 6.40. The molecule has 0 bridgehead atoms. The number of rotatable bonds is 6. The molecule has 0 saturated heterocycles. The van der Waals surface area contributed by atoms with Crippen LogP contribution in [-0.4, -0.2) is 23.2 Å². The summed E-state index contributed by atoms with van der Waals surface area (Å²) in [7, 11) is 0. The first-order chi connectivity index (χ1) is 23.3. The Morgan fingerprint density at radius 3 is 2.29 bits per heavy atom. The smallest absolute Gasteiger partial charge is 0.121 e. The molecule has 1 saturated carbocycles. The molecule has 5 heteroatoms. The van der Waals surface area contributed by atoms with Gasteiger partial charge in [-0.1, -0.05) is 90.7 Å². The first-order valence-electron chi connectivity index (χ1n) is 17.2. The van der Waals surface area contributed by atoms with Crippen molar-refractivity contribution in [1.82, 2.24) is 9.97 Å². The normalized spacial score (nSPS) is 13.2. The second kappa shape index (κ2) is 15.4. The molecule has 0 spiro atoms. The number of hydrogen-bond acceptors (Lipinski definition) is 3. The number of fused-ring (bicyclic) bond motifs is 3. The summed E-state index contributed by atoms with van der Waals surface area (Å²) in [4.78, 5) is 9.27. The second-order valence-corrected chi connectivity index (χ2v) is 24.7. The Kier molecular flexibility index (Phi) is 11.0. The van der Waals surface area contributed by atoms with Crippen LogP contribution in [0.5, 0.6) is 0 Å². The van der Waals surface area contributed by atoms with Crippen LogP contribution in [0.2, 0.25) is 17.3 Å². The molecule has 1 fully saturated rings. The first kappa shape index (κ1) is 35.0. The van der Waals surface area contributed by atoms with Crippen LogP contribution in [0.4, 0.5) is 0 Å². The molecular weight excluding hydrogens is 837 g/mol. The van der Waals surface area contributed by atoms with Crippen molar-refractivity contribution in [1.29, 1.82) is 0 Å².